The molecule has 0 aliphatic rings. The van der Waals surface area contributed by atoms with E-state index in [1.807, 2.05) is 0 Å². The number of aryl methyl sites for hydroxylation is 4. The second kappa shape index (κ2) is 6.80. The van der Waals surface area contributed by atoms with E-state index in [2.05, 4.69) is 103 Å². The maximum absolute atomic E-state index is 2.46. The summed E-state index contributed by atoms with van der Waals surface area (Å²) in [5.74, 6) is 0. The molecule has 4 aromatic carbocycles. The van der Waals surface area contributed by atoms with Crippen LogP contribution in [-0.2, 0) is 12.8 Å². The van der Waals surface area contributed by atoms with Gasteiger partial charge in [0.15, 0.2) is 0 Å². The van der Waals surface area contributed by atoms with Gasteiger partial charge in [0, 0.05) is 3.57 Å². The van der Waals surface area contributed by atoms with Gasteiger partial charge in [-0.1, -0.05) is 72.3 Å². The van der Waals surface area contributed by atoms with E-state index in [1.165, 1.54) is 47.4 Å². The van der Waals surface area contributed by atoms with E-state index in [1.54, 1.807) is 0 Å². The number of hydrogen-bond donors (Lipinski definition) is 0. The Kier molecular flexibility index (Phi) is 4.51. The van der Waals surface area contributed by atoms with E-state index in [9.17, 15) is 0 Å². The summed E-state index contributed by atoms with van der Waals surface area (Å²) in [5, 5.41) is 5.39. The predicted octanol–water partition coefficient (Wildman–Crippen LogP) is 7.00. The van der Waals surface area contributed by atoms with Gasteiger partial charge in [0.25, 0.3) is 0 Å². The Hall–Kier alpha value is -1.87. The highest BCUT2D eigenvalue weighted by molar-refractivity contribution is 14.1. The lowest BCUT2D eigenvalue weighted by Gasteiger charge is -2.08. The topological polar surface area (TPSA) is 0 Å². The predicted molar refractivity (Wildman–Crippen MR) is 117 cm³/mol. The minimum atomic E-state index is 1.08. The molecule has 0 saturated carbocycles. The van der Waals surface area contributed by atoms with Crippen LogP contribution in [-0.4, -0.2) is 0 Å². The molecule has 0 saturated heterocycles. The first-order valence-corrected chi connectivity index (χ1v) is 9.85. The second-order valence-electron chi connectivity index (χ2n) is 6.94. The molecule has 4 rings (SSSR count). The maximum atomic E-state index is 2.46. The minimum Gasteiger partial charge on any atom is -0.0587 e. The van der Waals surface area contributed by atoms with Crippen molar-refractivity contribution in [2.24, 2.45) is 0 Å². The molecule has 0 aliphatic carbocycles. The zero-order chi connectivity index (χ0) is 17.4. The van der Waals surface area contributed by atoms with E-state index < -0.39 is 0 Å². The lowest BCUT2D eigenvalue weighted by atomic mass is 9.98. The fraction of sp³-hybridized carbons (Fsp3) is 0.167. The van der Waals surface area contributed by atoms with E-state index >= 15 is 0 Å². The van der Waals surface area contributed by atoms with Crippen molar-refractivity contribution in [1.29, 1.82) is 0 Å². The van der Waals surface area contributed by atoms with Crippen LogP contribution in [0.3, 0.4) is 0 Å². The third-order valence-corrected chi connectivity index (χ3v) is 6.41. The Morgan fingerprint density at radius 2 is 1.24 bits per heavy atom. The van der Waals surface area contributed by atoms with Crippen LogP contribution >= 0.6 is 22.6 Å². The minimum absolute atomic E-state index is 1.08. The van der Waals surface area contributed by atoms with Crippen LogP contribution in [0.4, 0.5) is 0 Å². The Morgan fingerprint density at radius 1 is 0.640 bits per heavy atom. The number of halogens is 1. The third kappa shape index (κ3) is 3.43. The zero-order valence-electron chi connectivity index (χ0n) is 14.6. The van der Waals surface area contributed by atoms with Gasteiger partial charge in [-0.2, -0.15) is 0 Å². The summed E-state index contributed by atoms with van der Waals surface area (Å²) in [6, 6.07) is 24.9. The van der Waals surface area contributed by atoms with Gasteiger partial charge in [0.2, 0.25) is 0 Å². The lowest BCUT2D eigenvalue weighted by molar-refractivity contribution is 0.964. The van der Waals surface area contributed by atoms with Gasteiger partial charge >= 0.3 is 0 Å². The zero-order valence-corrected chi connectivity index (χ0v) is 16.8. The standard InChI is InChI=1S/C24H21I/c1-16-3-9-21-14-18(7-11-20(21)13-16)5-6-19-8-12-23-22(15-19)10-4-17(2)24(23)25/h3-4,7-15H,5-6H2,1-2H3. The second-order valence-corrected chi connectivity index (χ2v) is 8.02. The lowest BCUT2D eigenvalue weighted by Crippen LogP contribution is -1.92. The first kappa shape index (κ1) is 16.6. The van der Waals surface area contributed by atoms with Gasteiger partial charge < -0.3 is 0 Å². The van der Waals surface area contributed by atoms with E-state index in [0.717, 1.165) is 12.8 Å². The first-order chi connectivity index (χ1) is 12.1. The third-order valence-electron chi connectivity index (χ3n) is 4.97. The van der Waals surface area contributed by atoms with Gasteiger partial charge in [-0.05, 0) is 87.5 Å². The Morgan fingerprint density at radius 3 is 2.04 bits per heavy atom. The van der Waals surface area contributed by atoms with Crippen molar-refractivity contribution >= 4 is 44.1 Å². The van der Waals surface area contributed by atoms with Gasteiger partial charge in [0.1, 0.15) is 0 Å². The summed E-state index contributed by atoms with van der Waals surface area (Å²) in [5.41, 5.74) is 5.50. The van der Waals surface area contributed by atoms with Crippen LogP contribution in [0.25, 0.3) is 21.5 Å². The first-order valence-electron chi connectivity index (χ1n) is 8.77. The molecule has 0 N–H and O–H groups in total. The molecule has 0 aromatic heterocycles. The van der Waals surface area contributed by atoms with Crippen molar-refractivity contribution in [2.45, 2.75) is 26.7 Å². The Balaban J connectivity index is 1.57. The molecule has 0 radical (unpaired) electrons. The molecule has 0 unspecified atom stereocenters. The maximum Gasteiger partial charge on any atom is 0.0238 e. The van der Waals surface area contributed by atoms with Crippen LogP contribution in [0.1, 0.15) is 22.3 Å². The fourth-order valence-corrected chi connectivity index (χ4v) is 4.14. The van der Waals surface area contributed by atoms with Crippen molar-refractivity contribution in [1.82, 2.24) is 0 Å². The molecule has 0 aliphatic heterocycles. The van der Waals surface area contributed by atoms with Crippen LogP contribution < -0.4 is 0 Å². The van der Waals surface area contributed by atoms with Gasteiger partial charge in [0.05, 0.1) is 0 Å². The van der Waals surface area contributed by atoms with Crippen molar-refractivity contribution < 1.29 is 0 Å². The number of hydrogen-bond acceptors (Lipinski definition) is 0. The van der Waals surface area contributed by atoms with Gasteiger partial charge in [-0.3, -0.25) is 0 Å². The normalized spacial score (nSPS) is 11.3. The molecular formula is C24H21I. The van der Waals surface area contributed by atoms with Crippen molar-refractivity contribution in [3.63, 3.8) is 0 Å². The fourth-order valence-electron chi connectivity index (χ4n) is 3.46. The molecule has 0 bridgehead atoms. The van der Waals surface area contributed by atoms with Crippen molar-refractivity contribution in [2.75, 3.05) is 0 Å². The van der Waals surface area contributed by atoms with Crippen LogP contribution in [0.2, 0.25) is 0 Å². The number of benzene rings is 4. The largest absolute Gasteiger partial charge is 0.0587 e. The summed E-state index contributed by atoms with van der Waals surface area (Å²) in [4.78, 5) is 0. The van der Waals surface area contributed by atoms with Crippen LogP contribution in [0, 0.1) is 17.4 Å². The smallest absolute Gasteiger partial charge is 0.0238 e. The Bertz CT molecular complexity index is 1080. The molecule has 4 aromatic rings. The van der Waals surface area contributed by atoms with Crippen LogP contribution in [0.15, 0.2) is 66.7 Å². The number of fused-ring (bicyclic) bond motifs is 2. The molecule has 0 heterocycles. The Labute approximate surface area is 163 Å². The molecule has 25 heavy (non-hydrogen) atoms. The van der Waals surface area contributed by atoms with E-state index in [-0.39, 0.29) is 0 Å². The quantitative estimate of drug-likeness (QED) is 0.304. The summed E-state index contributed by atoms with van der Waals surface area (Å²) >= 11 is 2.46. The summed E-state index contributed by atoms with van der Waals surface area (Å²) in [7, 11) is 0. The molecular weight excluding hydrogens is 415 g/mol. The van der Waals surface area contributed by atoms with Crippen LogP contribution in [0.5, 0.6) is 0 Å². The highest BCUT2D eigenvalue weighted by atomic mass is 127. The summed E-state index contributed by atoms with van der Waals surface area (Å²) < 4.78 is 1.37. The molecule has 0 amide bonds. The van der Waals surface area contributed by atoms with E-state index in [4.69, 9.17) is 0 Å². The molecule has 0 fully saturated rings. The SMILES string of the molecule is Cc1ccc2cc(CCc3ccc4c(I)c(C)ccc4c3)ccc2c1. The highest BCUT2D eigenvalue weighted by Gasteiger charge is 2.04. The average Bonchev–Trinajstić information content (AvgIpc) is 2.63. The number of rotatable bonds is 3. The monoisotopic (exact) mass is 436 g/mol. The summed E-state index contributed by atoms with van der Waals surface area (Å²) in [6.45, 7) is 4.33. The van der Waals surface area contributed by atoms with Gasteiger partial charge in [-0.25, -0.2) is 0 Å². The van der Waals surface area contributed by atoms with E-state index in [0.29, 0.717) is 0 Å². The van der Waals surface area contributed by atoms with Crippen molar-refractivity contribution in [3.8, 4) is 0 Å². The molecule has 0 nitrogen and oxygen atoms in total. The molecule has 1 heteroatoms. The molecule has 0 atom stereocenters. The highest BCUT2D eigenvalue weighted by Crippen LogP contribution is 2.25. The van der Waals surface area contributed by atoms with Gasteiger partial charge in [-0.15, -0.1) is 0 Å². The molecule has 0 spiro atoms. The molecule has 124 valence electrons. The summed E-state index contributed by atoms with van der Waals surface area (Å²) in [6.07, 6.45) is 2.16. The average molecular weight is 436 g/mol. The van der Waals surface area contributed by atoms with Crippen molar-refractivity contribution in [3.05, 3.63) is 92.6 Å².